The van der Waals surface area contributed by atoms with Gasteiger partial charge in [-0.2, -0.15) is 18.4 Å². The minimum absolute atomic E-state index is 0.142. The number of nitrogens with one attached hydrogen (secondary N) is 1. The first-order valence-electron chi connectivity index (χ1n) is 6.39. The first-order valence-corrected chi connectivity index (χ1v) is 7.87. The van der Waals surface area contributed by atoms with Crippen LogP contribution in [0.2, 0.25) is 0 Å². The van der Waals surface area contributed by atoms with Crippen LogP contribution in [0.1, 0.15) is 16.7 Å². The molecule has 0 aliphatic rings. The SMILES string of the molecule is N#Cc1cccc(S(=O)(=O)NCc2ccccc2C(F)(F)F)c1. The second-order valence-corrected chi connectivity index (χ2v) is 6.39. The van der Waals surface area contributed by atoms with Crippen molar-refractivity contribution in [3.63, 3.8) is 0 Å². The third-order valence-electron chi connectivity index (χ3n) is 3.05. The number of rotatable bonds is 4. The van der Waals surface area contributed by atoms with Gasteiger partial charge in [0.15, 0.2) is 0 Å². The summed E-state index contributed by atoms with van der Waals surface area (Å²) in [6.07, 6.45) is -4.57. The Morgan fingerprint density at radius 1 is 1.09 bits per heavy atom. The predicted molar refractivity (Wildman–Crippen MR) is 76.6 cm³/mol. The maximum absolute atomic E-state index is 12.9. The summed E-state index contributed by atoms with van der Waals surface area (Å²) in [6, 6.07) is 11.8. The van der Waals surface area contributed by atoms with E-state index in [0.717, 1.165) is 12.1 Å². The van der Waals surface area contributed by atoms with Crippen LogP contribution in [0.5, 0.6) is 0 Å². The lowest BCUT2D eigenvalue weighted by molar-refractivity contribution is -0.138. The van der Waals surface area contributed by atoms with Crippen molar-refractivity contribution >= 4 is 10.0 Å². The summed E-state index contributed by atoms with van der Waals surface area (Å²) < 4.78 is 65.0. The third kappa shape index (κ3) is 4.09. The van der Waals surface area contributed by atoms with Gasteiger partial charge in [0.1, 0.15) is 0 Å². The Morgan fingerprint density at radius 2 is 1.78 bits per heavy atom. The molecule has 2 rings (SSSR count). The number of nitrogens with zero attached hydrogens (tertiary/aromatic N) is 1. The van der Waals surface area contributed by atoms with Crippen molar-refractivity contribution in [3.8, 4) is 6.07 Å². The lowest BCUT2D eigenvalue weighted by atomic mass is 10.1. The normalized spacial score (nSPS) is 11.9. The fraction of sp³-hybridized carbons (Fsp3) is 0.133. The molecule has 120 valence electrons. The van der Waals surface area contributed by atoms with Crippen LogP contribution in [0.25, 0.3) is 0 Å². The Bertz CT molecular complexity index is 856. The van der Waals surface area contributed by atoms with E-state index in [0.29, 0.717) is 0 Å². The van der Waals surface area contributed by atoms with Crippen LogP contribution in [0, 0.1) is 11.3 Å². The summed E-state index contributed by atoms with van der Waals surface area (Å²) in [5, 5.41) is 8.77. The van der Waals surface area contributed by atoms with Crippen molar-refractivity contribution < 1.29 is 21.6 Å². The zero-order valence-electron chi connectivity index (χ0n) is 11.6. The molecule has 0 amide bonds. The molecular formula is C15H11F3N2O2S. The lowest BCUT2D eigenvalue weighted by Crippen LogP contribution is -2.25. The lowest BCUT2D eigenvalue weighted by Gasteiger charge is -2.13. The molecule has 0 radical (unpaired) electrons. The molecule has 0 spiro atoms. The molecule has 1 N–H and O–H groups in total. The summed E-state index contributed by atoms with van der Waals surface area (Å²) in [7, 11) is -4.02. The van der Waals surface area contributed by atoms with Crippen molar-refractivity contribution in [2.24, 2.45) is 0 Å². The van der Waals surface area contributed by atoms with E-state index in [1.165, 1.54) is 36.4 Å². The van der Waals surface area contributed by atoms with Gasteiger partial charge < -0.3 is 0 Å². The Morgan fingerprint density at radius 3 is 2.43 bits per heavy atom. The summed E-state index contributed by atoms with van der Waals surface area (Å²) in [5.74, 6) is 0. The quantitative estimate of drug-likeness (QED) is 0.930. The van der Waals surface area contributed by atoms with Gasteiger partial charge >= 0.3 is 6.18 Å². The molecule has 4 nitrogen and oxygen atoms in total. The maximum atomic E-state index is 12.9. The van der Waals surface area contributed by atoms with Crippen molar-refractivity contribution in [3.05, 3.63) is 65.2 Å². The van der Waals surface area contributed by atoms with Gasteiger partial charge in [0.25, 0.3) is 0 Å². The molecular weight excluding hydrogens is 329 g/mol. The van der Waals surface area contributed by atoms with Crippen molar-refractivity contribution in [1.82, 2.24) is 4.72 Å². The number of nitriles is 1. The molecule has 0 fully saturated rings. The Balaban J connectivity index is 2.26. The van der Waals surface area contributed by atoms with E-state index in [2.05, 4.69) is 4.72 Å². The molecule has 0 bridgehead atoms. The average molecular weight is 340 g/mol. The van der Waals surface area contributed by atoms with E-state index in [4.69, 9.17) is 5.26 Å². The Labute approximate surface area is 131 Å². The molecule has 0 saturated carbocycles. The van der Waals surface area contributed by atoms with Crippen LogP contribution in [0.3, 0.4) is 0 Å². The minimum Gasteiger partial charge on any atom is -0.207 e. The van der Waals surface area contributed by atoms with Crippen molar-refractivity contribution in [1.29, 1.82) is 5.26 Å². The average Bonchev–Trinajstić information content (AvgIpc) is 2.52. The fourth-order valence-electron chi connectivity index (χ4n) is 1.94. The van der Waals surface area contributed by atoms with E-state index >= 15 is 0 Å². The Kier molecular flexibility index (Phi) is 4.73. The van der Waals surface area contributed by atoms with E-state index in [1.807, 2.05) is 0 Å². The van der Waals surface area contributed by atoms with Crippen LogP contribution in [-0.4, -0.2) is 8.42 Å². The fourth-order valence-corrected chi connectivity index (χ4v) is 2.99. The van der Waals surface area contributed by atoms with E-state index < -0.39 is 28.3 Å². The topological polar surface area (TPSA) is 70.0 Å². The van der Waals surface area contributed by atoms with Crippen LogP contribution >= 0.6 is 0 Å². The molecule has 23 heavy (non-hydrogen) atoms. The van der Waals surface area contributed by atoms with Crippen LogP contribution in [0.4, 0.5) is 13.2 Å². The minimum atomic E-state index is -4.57. The molecule has 0 aliphatic carbocycles. The molecule has 0 heterocycles. The largest absolute Gasteiger partial charge is 0.416 e. The number of benzene rings is 2. The van der Waals surface area contributed by atoms with Crippen LogP contribution in [-0.2, 0) is 22.7 Å². The van der Waals surface area contributed by atoms with Gasteiger partial charge in [-0.05, 0) is 29.8 Å². The predicted octanol–water partition coefficient (Wildman–Crippen LogP) is 3.06. The van der Waals surface area contributed by atoms with Gasteiger partial charge in [-0.3, -0.25) is 0 Å². The third-order valence-corrected chi connectivity index (χ3v) is 4.45. The number of sulfonamides is 1. The second-order valence-electron chi connectivity index (χ2n) is 4.62. The van der Waals surface area contributed by atoms with Gasteiger partial charge in [-0.1, -0.05) is 24.3 Å². The highest BCUT2D eigenvalue weighted by molar-refractivity contribution is 7.89. The van der Waals surface area contributed by atoms with Crippen LogP contribution < -0.4 is 4.72 Å². The molecule has 2 aromatic rings. The number of halogens is 3. The van der Waals surface area contributed by atoms with Gasteiger partial charge in [-0.25, -0.2) is 13.1 Å². The standard InChI is InChI=1S/C15H11F3N2O2S/c16-15(17,18)14-7-2-1-5-12(14)10-20-23(21,22)13-6-3-4-11(8-13)9-19/h1-8,20H,10H2. The summed E-state index contributed by atoms with van der Waals surface area (Å²) in [6.45, 7) is -0.505. The van der Waals surface area contributed by atoms with Gasteiger partial charge in [0, 0.05) is 6.54 Å². The highest BCUT2D eigenvalue weighted by atomic mass is 32.2. The molecule has 2 aromatic carbocycles. The smallest absolute Gasteiger partial charge is 0.207 e. The van der Waals surface area contributed by atoms with Gasteiger partial charge in [0.05, 0.1) is 22.1 Å². The number of hydrogen-bond donors (Lipinski definition) is 1. The summed E-state index contributed by atoms with van der Waals surface area (Å²) in [5.41, 5.74) is -0.933. The highest BCUT2D eigenvalue weighted by Crippen LogP contribution is 2.31. The molecule has 0 aliphatic heterocycles. The molecule has 0 unspecified atom stereocenters. The molecule has 8 heteroatoms. The molecule has 0 atom stereocenters. The molecule has 0 saturated heterocycles. The monoisotopic (exact) mass is 340 g/mol. The van der Waals surface area contributed by atoms with Crippen molar-refractivity contribution in [2.45, 2.75) is 17.6 Å². The van der Waals surface area contributed by atoms with E-state index in [-0.39, 0.29) is 16.0 Å². The number of alkyl halides is 3. The van der Waals surface area contributed by atoms with Crippen LogP contribution in [0.15, 0.2) is 53.4 Å². The first kappa shape index (κ1) is 17.0. The van der Waals surface area contributed by atoms with E-state index in [9.17, 15) is 21.6 Å². The second kappa shape index (κ2) is 6.40. The summed E-state index contributed by atoms with van der Waals surface area (Å²) >= 11 is 0. The zero-order chi connectivity index (χ0) is 17.1. The van der Waals surface area contributed by atoms with E-state index in [1.54, 1.807) is 6.07 Å². The zero-order valence-corrected chi connectivity index (χ0v) is 12.4. The van der Waals surface area contributed by atoms with Gasteiger partial charge in [0.2, 0.25) is 10.0 Å². The first-order chi connectivity index (χ1) is 10.7. The van der Waals surface area contributed by atoms with Crippen molar-refractivity contribution in [2.75, 3.05) is 0 Å². The maximum Gasteiger partial charge on any atom is 0.416 e. The Hall–Kier alpha value is -2.37. The summed E-state index contributed by atoms with van der Waals surface area (Å²) in [4.78, 5) is -0.180. The number of hydrogen-bond acceptors (Lipinski definition) is 3. The highest BCUT2D eigenvalue weighted by Gasteiger charge is 2.33. The molecule has 0 aromatic heterocycles. The van der Waals surface area contributed by atoms with Gasteiger partial charge in [-0.15, -0.1) is 0 Å².